The largest absolute Gasteiger partial charge is 0.481 e. The van der Waals surface area contributed by atoms with E-state index in [-0.39, 0.29) is 5.56 Å². The normalized spacial score (nSPS) is 8.50. The van der Waals surface area contributed by atoms with Crippen LogP contribution in [0.3, 0.4) is 0 Å². The Kier molecular flexibility index (Phi) is 10.4. The standard InChI is InChI=1S/C9H9NO4.2C2H4O2/c1-2-5-3-4-10-7(9(13)14)6(5)8(11)12;2*1-2(3)4/h3-4H,2H2,1H3,(H,11,12)(H,13,14);2*1H3,(H,3,4). The first-order valence-electron chi connectivity index (χ1n) is 5.88. The molecule has 0 spiro atoms. The van der Waals surface area contributed by atoms with Gasteiger partial charge in [-0.2, -0.15) is 0 Å². The van der Waals surface area contributed by atoms with Crippen molar-refractivity contribution in [3.8, 4) is 0 Å². The number of pyridine rings is 1. The van der Waals surface area contributed by atoms with E-state index in [4.69, 9.17) is 30.0 Å². The van der Waals surface area contributed by atoms with Gasteiger partial charge in [-0.25, -0.2) is 14.6 Å². The first-order valence-corrected chi connectivity index (χ1v) is 5.88. The van der Waals surface area contributed by atoms with Gasteiger partial charge in [-0.15, -0.1) is 0 Å². The maximum absolute atomic E-state index is 10.8. The Morgan fingerprint density at radius 3 is 1.64 bits per heavy atom. The van der Waals surface area contributed by atoms with Crippen LogP contribution in [0.4, 0.5) is 0 Å². The number of carboxylic acids is 4. The summed E-state index contributed by atoms with van der Waals surface area (Å²) in [6.07, 6.45) is 1.76. The van der Waals surface area contributed by atoms with Gasteiger partial charge in [0, 0.05) is 20.0 Å². The molecule has 0 aliphatic heterocycles. The van der Waals surface area contributed by atoms with Crippen LogP contribution in [0.15, 0.2) is 12.3 Å². The van der Waals surface area contributed by atoms with E-state index in [0.717, 1.165) is 13.8 Å². The number of aryl methyl sites for hydroxylation is 1. The lowest BCUT2D eigenvalue weighted by Crippen LogP contribution is -2.13. The third kappa shape index (κ3) is 9.89. The van der Waals surface area contributed by atoms with Crippen LogP contribution in [-0.2, 0) is 16.0 Å². The molecule has 0 saturated heterocycles. The third-order valence-electron chi connectivity index (χ3n) is 1.83. The molecule has 1 heterocycles. The first kappa shape index (κ1) is 21.3. The highest BCUT2D eigenvalue weighted by Gasteiger charge is 2.20. The van der Waals surface area contributed by atoms with E-state index in [2.05, 4.69) is 4.98 Å². The molecule has 0 aliphatic carbocycles. The lowest BCUT2D eigenvalue weighted by molar-refractivity contribution is -0.135. The van der Waals surface area contributed by atoms with Crippen molar-refractivity contribution in [2.75, 3.05) is 0 Å². The second-order valence-electron chi connectivity index (χ2n) is 3.70. The van der Waals surface area contributed by atoms with Gasteiger partial charge in [0.15, 0.2) is 5.69 Å². The molecule has 4 N–H and O–H groups in total. The highest BCUT2D eigenvalue weighted by molar-refractivity contribution is 6.01. The fourth-order valence-electron chi connectivity index (χ4n) is 1.20. The highest BCUT2D eigenvalue weighted by atomic mass is 16.4. The van der Waals surface area contributed by atoms with Gasteiger partial charge in [-0.1, -0.05) is 6.92 Å². The van der Waals surface area contributed by atoms with Crippen LogP contribution in [0.2, 0.25) is 0 Å². The summed E-state index contributed by atoms with van der Waals surface area (Å²) in [5, 5.41) is 32.4. The number of carboxylic acid groups (broad SMARTS) is 4. The first-order chi connectivity index (χ1) is 10.0. The molecule has 122 valence electrons. The van der Waals surface area contributed by atoms with Gasteiger partial charge in [0.25, 0.3) is 11.9 Å². The molecular formula is C13H17NO8. The summed E-state index contributed by atoms with van der Waals surface area (Å²) in [5.74, 6) is -4.25. The Hall–Kier alpha value is -2.97. The number of carbonyl (C=O) groups is 4. The lowest BCUT2D eigenvalue weighted by Gasteiger charge is -2.05. The number of rotatable bonds is 3. The lowest BCUT2D eigenvalue weighted by atomic mass is 10.0. The van der Waals surface area contributed by atoms with E-state index in [1.54, 1.807) is 6.92 Å². The molecule has 1 rings (SSSR count). The molecule has 22 heavy (non-hydrogen) atoms. The van der Waals surface area contributed by atoms with Crippen molar-refractivity contribution >= 4 is 23.9 Å². The molecule has 9 nitrogen and oxygen atoms in total. The van der Waals surface area contributed by atoms with Gasteiger partial charge in [-0.3, -0.25) is 9.59 Å². The topological polar surface area (TPSA) is 162 Å². The molecule has 9 heteroatoms. The Balaban J connectivity index is 0. The van der Waals surface area contributed by atoms with Gasteiger partial charge < -0.3 is 20.4 Å². The molecule has 1 aromatic rings. The highest BCUT2D eigenvalue weighted by Crippen LogP contribution is 2.13. The molecule has 0 unspecified atom stereocenters. The molecule has 0 saturated carbocycles. The minimum absolute atomic E-state index is 0.220. The van der Waals surface area contributed by atoms with Gasteiger partial charge in [0.05, 0.1) is 5.56 Å². The molecule has 1 aromatic heterocycles. The van der Waals surface area contributed by atoms with E-state index < -0.39 is 29.6 Å². The van der Waals surface area contributed by atoms with E-state index >= 15 is 0 Å². The smallest absolute Gasteiger partial charge is 0.355 e. The van der Waals surface area contributed by atoms with Gasteiger partial charge >= 0.3 is 11.9 Å². The van der Waals surface area contributed by atoms with Crippen molar-refractivity contribution in [3.63, 3.8) is 0 Å². The minimum atomic E-state index is -1.32. The van der Waals surface area contributed by atoms with Crippen molar-refractivity contribution in [1.29, 1.82) is 0 Å². The summed E-state index contributed by atoms with van der Waals surface area (Å²) in [6, 6.07) is 1.51. The number of aromatic carboxylic acids is 2. The van der Waals surface area contributed by atoms with Crippen molar-refractivity contribution < 1.29 is 39.6 Å². The van der Waals surface area contributed by atoms with E-state index in [1.165, 1.54) is 12.3 Å². The summed E-state index contributed by atoms with van der Waals surface area (Å²) in [7, 11) is 0. The van der Waals surface area contributed by atoms with Crippen molar-refractivity contribution in [2.24, 2.45) is 0 Å². The van der Waals surface area contributed by atoms with Crippen LogP contribution in [-0.4, -0.2) is 49.3 Å². The zero-order valence-electron chi connectivity index (χ0n) is 12.2. The van der Waals surface area contributed by atoms with Crippen molar-refractivity contribution in [2.45, 2.75) is 27.2 Å². The number of hydrogen-bond acceptors (Lipinski definition) is 5. The van der Waals surface area contributed by atoms with Crippen LogP contribution >= 0.6 is 0 Å². The zero-order valence-corrected chi connectivity index (χ0v) is 12.2. The van der Waals surface area contributed by atoms with Crippen molar-refractivity contribution in [1.82, 2.24) is 4.98 Å². The number of aromatic nitrogens is 1. The average Bonchev–Trinajstić information content (AvgIpc) is 2.36. The summed E-state index contributed by atoms with van der Waals surface area (Å²) < 4.78 is 0. The van der Waals surface area contributed by atoms with Crippen LogP contribution in [0.1, 0.15) is 47.2 Å². The Morgan fingerprint density at radius 2 is 1.36 bits per heavy atom. The molecule has 0 fully saturated rings. The predicted molar refractivity (Wildman–Crippen MR) is 74.2 cm³/mol. The fraction of sp³-hybridized carbons (Fsp3) is 0.308. The molecule has 0 aliphatic rings. The van der Waals surface area contributed by atoms with Crippen LogP contribution in [0.5, 0.6) is 0 Å². The molecule has 0 bridgehead atoms. The number of hydrogen-bond donors (Lipinski definition) is 4. The average molecular weight is 315 g/mol. The van der Waals surface area contributed by atoms with Gasteiger partial charge in [0.1, 0.15) is 0 Å². The minimum Gasteiger partial charge on any atom is -0.481 e. The Bertz CT molecular complexity index is 533. The monoisotopic (exact) mass is 315 g/mol. The van der Waals surface area contributed by atoms with Gasteiger partial charge in [-0.05, 0) is 18.1 Å². The van der Waals surface area contributed by atoms with Crippen LogP contribution in [0, 0.1) is 0 Å². The Morgan fingerprint density at radius 1 is 0.955 bits per heavy atom. The van der Waals surface area contributed by atoms with Crippen LogP contribution < -0.4 is 0 Å². The fourth-order valence-corrected chi connectivity index (χ4v) is 1.20. The molecular weight excluding hydrogens is 298 g/mol. The van der Waals surface area contributed by atoms with E-state index in [0.29, 0.717) is 12.0 Å². The second-order valence-corrected chi connectivity index (χ2v) is 3.70. The number of nitrogens with zero attached hydrogens (tertiary/aromatic N) is 1. The predicted octanol–water partition coefficient (Wildman–Crippen LogP) is 1.22. The molecule has 0 aromatic carbocycles. The maximum Gasteiger partial charge on any atom is 0.355 e. The quantitative estimate of drug-likeness (QED) is 0.642. The summed E-state index contributed by atoms with van der Waals surface area (Å²) in [4.78, 5) is 43.0. The summed E-state index contributed by atoms with van der Waals surface area (Å²) >= 11 is 0. The molecule has 0 amide bonds. The maximum atomic E-state index is 10.8. The summed E-state index contributed by atoms with van der Waals surface area (Å²) in [5.41, 5.74) is -0.149. The summed E-state index contributed by atoms with van der Waals surface area (Å²) in [6.45, 7) is 3.92. The van der Waals surface area contributed by atoms with Crippen molar-refractivity contribution in [3.05, 3.63) is 29.1 Å². The Labute approximate surface area is 125 Å². The van der Waals surface area contributed by atoms with Gasteiger partial charge in [0.2, 0.25) is 0 Å². The SMILES string of the molecule is CC(=O)O.CC(=O)O.CCc1ccnc(C(=O)O)c1C(=O)O. The van der Waals surface area contributed by atoms with E-state index in [9.17, 15) is 9.59 Å². The second kappa shape index (κ2) is 10.8. The third-order valence-corrected chi connectivity index (χ3v) is 1.83. The number of aliphatic carboxylic acids is 2. The van der Waals surface area contributed by atoms with E-state index in [1.807, 2.05) is 0 Å². The molecule has 0 atom stereocenters. The van der Waals surface area contributed by atoms with Crippen LogP contribution in [0.25, 0.3) is 0 Å². The molecule has 0 radical (unpaired) electrons. The zero-order chi connectivity index (χ0) is 17.9.